The van der Waals surface area contributed by atoms with Crippen molar-refractivity contribution >= 4 is 11.9 Å². The molecule has 0 aromatic rings. The molecule has 2 rings (SSSR count). The molecule has 0 heterocycles. The van der Waals surface area contributed by atoms with Crippen LogP contribution in [0.4, 0.5) is 0 Å². The van der Waals surface area contributed by atoms with Crippen molar-refractivity contribution in [1.29, 1.82) is 0 Å². The van der Waals surface area contributed by atoms with Crippen molar-refractivity contribution < 1.29 is 30.0 Å². The van der Waals surface area contributed by atoms with E-state index in [0.717, 1.165) is 12.8 Å². The van der Waals surface area contributed by atoms with Gasteiger partial charge in [-0.1, -0.05) is 25.0 Å². The van der Waals surface area contributed by atoms with Crippen molar-refractivity contribution in [2.24, 2.45) is 29.1 Å². The molecule has 30 heavy (non-hydrogen) atoms. The van der Waals surface area contributed by atoms with Crippen molar-refractivity contribution in [1.82, 2.24) is 0 Å². The molecule has 2 aliphatic carbocycles. The molecular weight excluding hydrogens is 384 g/mol. The van der Waals surface area contributed by atoms with E-state index in [0.29, 0.717) is 51.4 Å². The van der Waals surface area contributed by atoms with Gasteiger partial charge in [-0.05, 0) is 63.2 Å². The monoisotopic (exact) mass is 422 g/mol. The Morgan fingerprint density at radius 2 is 1.33 bits per heavy atom. The fourth-order valence-corrected chi connectivity index (χ4v) is 5.85. The number of aliphatic hydroxyl groups excluding tert-OH is 2. The van der Waals surface area contributed by atoms with E-state index in [2.05, 4.69) is 13.2 Å². The lowest BCUT2D eigenvalue weighted by molar-refractivity contribution is -0.176. The van der Waals surface area contributed by atoms with E-state index in [-0.39, 0.29) is 18.3 Å². The molecule has 0 bridgehead atoms. The van der Waals surface area contributed by atoms with Gasteiger partial charge >= 0.3 is 11.9 Å². The highest BCUT2D eigenvalue weighted by molar-refractivity contribution is 5.76. The summed E-state index contributed by atoms with van der Waals surface area (Å²) in [6.07, 6.45) is 8.05. The summed E-state index contributed by atoms with van der Waals surface area (Å²) in [5, 5.41) is 41.2. The predicted octanol–water partition coefficient (Wildman–Crippen LogP) is 4.02. The van der Waals surface area contributed by atoms with Gasteiger partial charge in [-0.15, -0.1) is 13.2 Å². The van der Waals surface area contributed by atoms with Crippen LogP contribution in [0.2, 0.25) is 0 Å². The molecule has 170 valence electrons. The lowest BCUT2D eigenvalue weighted by atomic mass is 9.53. The molecule has 0 aromatic heterocycles. The van der Waals surface area contributed by atoms with Gasteiger partial charge in [0, 0.05) is 18.3 Å². The third kappa shape index (κ3) is 5.52. The first kappa shape index (κ1) is 24.6. The highest BCUT2D eigenvalue weighted by atomic mass is 16.4. The third-order valence-corrected chi connectivity index (χ3v) is 7.58. The molecule has 0 spiro atoms. The van der Waals surface area contributed by atoms with Gasteiger partial charge in [0.1, 0.15) is 0 Å². The molecular formula is C24H38O6. The zero-order valence-corrected chi connectivity index (χ0v) is 17.9. The summed E-state index contributed by atoms with van der Waals surface area (Å²) < 4.78 is 0. The maximum atomic E-state index is 12.9. The summed E-state index contributed by atoms with van der Waals surface area (Å²) in [5.41, 5.74) is -1.24. The molecule has 2 saturated carbocycles. The Balaban J connectivity index is 2.36. The zero-order chi connectivity index (χ0) is 22.3. The first-order valence-corrected chi connectivity index (χ1v) is 11.3. The topological polar surface area (TPSA) is 115 Å². The molecule has 6 unspecified atom stereocenters. The number of aliphatic hydroxyl groups is 2. The molecule has 2 aliphatic rings. The van der Waals surface area contributed by atoms with Gasteiger partial charge < -0.3 is 20.4 Å². The van der Waals surface area contributed by atoms with Crippen LogP contribution in [0.15, 0.2) is 25.3 Å². The number of hydrogen-bond donors (Lipinski definition) is 4. The molecule has 6 heteroatoms. The third-order valence-electron chi connectivity index (χ3n) is 7.58. The quantitative estimate of drug-likeness (QED) is 0.295. The Morgan fingerprint density at radius 3 is 1.73 bits per heavy atom. The maximum absolute atomic E-state index is 12.9. The van der Waals surface area contributed by atoms with Crippen LogP contribution >= 0.6 is 0 Å². The van der Waals surface area contributed by atoms with Crippen LogP contribution in [-0.2, 0) is 9.59 Å². The number of hydrogen-bond acceptors (Lipinski definition) is 4. The van der Waals surface area contributed by atoms with E-state index in [9.17, 15) is 24.9 Å². The molecule has 0 aromatic carbocycles. The normalized spacial score (nSPS) is 33.9. The first-order chi connectivity index (χ1) is 14.3. The number of aliphatic carboxylic acids is 2. The number of carboxylic acid groups (broad SMARTS) is 2. The van der Waals surface area contributed by atoms with Crippen molar-refractivity contribution in [3.8, 4) is 0 Å². The molecule has 4 N–H and O–H groups in total. The van der Waals surface area contributed by atoms with Crippen LogP contribution < -0.4 is 0 Å². The van der Waals surface area contributed by atoms with Gasteiger partial charge in [-0.25, -0.2) is 0 Å². The molecule has 0 radical (unpaired) electrons. The summed E-state index contributed by atoms with van der Waals surface area (Å²) in [6.45, 7) is 7.76. The van der Waals surface area contributed by atoms with Crippen LogP contribution in [0.3, 0.4) is 0 Å². The maximum Gasteiger partial charge on any atom is 0.310 e. The minimum absolute atomic E-state index is 0.0647. The van der Waals surface area contributed by atoms with Crippen LogP contribution in [0.25, 0.3) is 0 Å². The highest BCUT2D eigenvalue weighted by Crippen LogP contribution is 2.54. The summed E-state index contributed by atoms with van der Waals surface area (Å²) >= 11 is 0. The Morgan fingerprint density at radius 1 is 0.833 bits per heavy atom. The second-order valence-corrected chi connectivity index (χ2v) is 9.27. The van der Waals surface area contributed by atoms with Crippen molar-refractivity contribution in [2.45, 2.75) is 82.8 Å². The summed E-state index contributed by atoms with van der Waals surface area (Å²) in [4.78, 5) is 23.7. The van der Waals surface area contributed by atoms with Crippen LogP contribution in [-0.4, -0.2) is 44.6 Å². The fourth-order valence-electron chi connectivity index (χ4n) is 5.85. The molecule has 2 fully saturated rings. The van der Waals surface area contributed by atoms with Crippen molar-refractivity contribution in [3.05, 3.63) is 25.3 Å². The van der Waals surface area contributed by atoms with E-state index in [1.807, 2.05) is 12.2 Å². The highest BCUT2D eigenvalue weighted by Gasteiger charge is 2.57. The van der Waals surface area contributed by atoms with Crippen LogP contribution in [0.5, 0.6) is 0 Å². The number of unbranched alkanes of at least 4 members (excludes halogenated alkanes) is 2. The van der Waals surface area contributed by atoms with Gasteiger partial charge in [0.25, 0.3) is 0 Å². The van der Waals surface area contributed by atoms with Crippen LogP contribution in [0, 0.1) is 29.1 Å². The van der Waals surface area contributed by atoms with Crippen LogP contribution in [0.1, 0.15) is 70.6 Å². The summed E-state index contributed by atoms with van der Waals surface area (Å²) in [7, 11) is 0. The Kier molecular flexibility index (Phi) is 9.10. The number of carbonyl (C=O) groups is 2. The van der Waals surface area contributed by atoms with Gasteiger partial charge in [0.05, 0.1) is 17.6 Å². The van der Waals surface area contributed by atoms with E-state index in [4.69, 9.17) is 5.11 Å². The van der Waals surface area contributed by atoms with Crippen molar-refractivity contribution in [3.63, 3.8) is 0 Å². The molecule has 0 saturated heterocycles. The minimum Gasteiger partial charge on any atom is -0.481 e. The number of allylic oxidation sites excluding steroid dienone is 2. The second-order valence-electron chi connectivity index (χ2n) is 9.27. The fraction of sp³-hybridized carbons (Fsp3) is 0.750. The lowest BCUT2D eigenvalue weighted by Gasteiger charge is -2.51. The van der Waals surface area contributed by atoms with Gasteiger partial charge in [-0.3, -0.25) is 9.59 Å². The Hall–Kier alpha value is -1.66. The van der Waals surface area contributed by atoms with E-state index in [1.54, 1.807) is 0 Å². The SMILES string of the molecule is C=CC1CCC(O)C(C(CCCCCC(=O)O)(C(=O)O)C2CC(C=C)CCC2O)C1. The minimum atomic E-state index is -1.24. The van der Waals surface area contributed by atoms with Gasteiger partial charge in [0.15, 0.2) is 0 Å². The molecule has 6 atom stereocenters. The number of rotatable bonds is 11. The predicted molar refractivity (Wildman–Crippen MR) is 115 cm³/mol. The average molecular weight is 423 g/mol. The largest absolute Gasteiger partial charge is 0.481 e. The summed E-state index contributed by atoms with van der Waals surface area (Å²) in [5.74, 6) is -2.43. The first-order valence-electron chi connectivity index (χ1n) is 11.3. The lowest BCUT2D eigenvalue weighted by Crippen LogP contribution is -2.55. The number of carboxylic acids is 2. The van der Waals surface area contributed by atoms with E-state index in [1.165, 1.54) is 0 Å². The smallest absolute Gasteiger partial charge is 0.310 e. The standard InChI is InChI=1S/C24H38O6/c1-3-16-9-11-20(25)18(14-16)24(23(29)30,13-7-5-6-8-22(27)28)19-15-17(4-2)10-12-21(19)26/h3-4,16-21,25-26H,1-2,5-15H2,(H,27,28)(H,29,30). The Bertz CT molecular complexity index is 583. The van der Waals surface area contributed by atoms with Gasteiger partial charge in [-0.2, -0.15) is 0 Å². The average Bonchev–Trinajstić information content (AvgIpc) is 2.71. The molecule has 0 amide bonds. The molecule has 0 aliphatic heterocycles. The van der Waals surface area contributed by atoms with E-state index >= 15 is 0 Å². The molecule has 6 nitrogen and oxygen atoms in total. The van der Waals surface area contributed by atoms with Gasteiger partial charge in [0.2, 0.25) is 0 Å². The zero-order valence-electron chi connectivity index (χ0n) is 17.9. The van der Waals surface area contributed by atoms with Crippen molar-refractivity contribution in [2.75, 3.05) is 0 Å². The Labute approximate surface area is 179 Å². The van der Waals surface area contributed by atoms with E-state index < -0.39 is 41.4 Å². The summed E-state index contributed by atoms with van der Waals surface area (Å²) in [6, 6.07) is 0. The second kappa shape index (κ2) is 11.1.